The van der Waals surface area contributed by atoms with E-state index in [0.717, 1.165) is 10.5 Å². The molecule has 1 aromatic rings. The Morgan fingerprint density at radius 2 is 2.00 bits per heavy atom. The van der Waals surface area contributed by atoms with Crippen LogP contribution >= 0.6 is 0 Å². The fourth-order valence-electron chi connectivity index (χ4n) is 2.09. The maximum atomic E-state index is 12.0. The number of carbonyl (C=O) groups excluding carboxylic acids is 2. The summed E-state index contributed by atoms with van der Waals surface area (Å²) >= 11 is 0. The Hall–Kier alpha value is -2.37. The van der Waals surface area contributed by atoms with Crippen molar-refractivity contribution >= 4 is 17.8 Å². The largest absolute Gasteiger partial charge is 0.465 e. The lowest BCUT2D eigenvalue weighted by molar-refractivity contribution is -0.153. The lowest BCUT2D eigenvalue weighted by Gasteiger charge is -2.30. The molecule has 6 heteroatoms. The van der Waals surface area contributed by atoms with Gasteiger partial charge in [0.15, 0.2) is 0 Å². The second kappa shape index (κ2) is 6.18. The van der Waals surface area contributed by atoms with Crippen LogP contribution in [0.1, 0.15) is 18.4 Å². The van der Waals surface area contributed by atoms with Crippen LogP contribution in [0.5, 0.6) is 0 Å². The highest BCUT2D eigenvalue weighted by Crippen LogP contribution is 2.16. The molecule has 0 spiro atoms. The van der Waals surface area contributed by atoms with Crippen molar-refractivity contribution in [2.45, 2.75) is 25.5 Å². The van der Waals surface area contributed by atoms with E-state index in [2.05, 4.69) is 0 Å². The maximum absolute atomic E-state index is 12.0. The first-order valence-corrected chi connectivity index (χ1v) is 6.30. The first kappa shape index (κ1) is 14.0. The van der Waals surface area contributed by atoms with Crippen LogP contribution in [0.2, 0.25) is 0 Å². The minimum absolute atomic E-state index is 0.0409. The molecule has 6 nitrogen and oxygen atoms in total. The average molecular weight is 277 g/mol. The molecule has 106 valence electrons. The summed E-state index contributed by atoms with van der Waals surface area (Å²) in [5, 5.41) is 9.04. The molecule has 1 amide bonds. The first-order valence-electron chi connectivity index (χ1n) is 6.30. The molecule has 0 unspecified atom stereocenters. The Morgan fingerprint density at radius 1 is 1.30 bits per heavy atom. The van der Waals surface area contributed by atoms with Crippen LogP contribution in [0.25, 0.3) is 0 Å². The molecular weight excluding hydrogens is 262 g/mol. The van der Waals surface area contributed by atoms with Gasteiger partial charge in [-0.25, -0.2) is 9.59 Å². The summed E-state index contributed by atoms with van der Waals surface area (Å²) in [6, 6.07) is 8.05. The van der Waals surface area contributed by atoms with Gasteiger partial charge in [-0.1, -0.05) is 30.3 Å². The van der Waals surface area contributed by atoms with Gasteiger partial charge in [0.25, 0.3) is 0 Å². The normalized spacial score (nSPS) is 18.7. The Kier molecular flexibility index (Phi) is 4.34. The number of piperidine rings is 1. The van der Waals surface area contributed by atoms with E-state index < -0.39 is 18.1 Å². The van der Waals surface area contributed by atoms with Crippen molar-refractivity contribution in [3.05, 3.63) is 35.9 Å². The molecule has 2 rings (SSSR count). The predicted octanol–water partition coefficient (Wildman–Crippen LogP) is 1.44. The summed E-state index contributed by atoms with van der Waals surface area (Å²) in [7, 11) is 0. The van der Waals surface area contributed by atoms with Gasteiger partial charge in [-0.3, -0.25) is 9.69 Å². The highest BCUT2D eigenvalue weighted by atomic mass is 16.5. The summed E-state index contributed by atoms with van der Waals surface area (Å²) in [6.45, 7) is 0.108. The van der Waals surface area contributed by atoms with Crippen molar-refractivity contribution in [2.75, 3.05) is 6.54 Å². The van der Waals surface area contributed by atoms with Crippen molar-refractivity contribution in [1.29, 1.82) is 0 Å². The van der Waals surface area contributed by atoms with Crippen molar-refractivity contribution in [3.8, 4) is 0 Å². The molecule has 1 saturated heterocycles. The summed E-state index contributed by atoms with van der Waals surface area (Å²) in [4.78, 5) is 35.4. The average Bonchev–Trinajstić information content (AvgIpc) is 2.45. The van der Waals surface area contributed by atoms with Crippen LogP contribution in [0.15, 0.2) is 30.3 Å². The zero-order valence-electron chi connectivity index (χ0n) is 10.8. The second-order valence-corrected chi connectivity index (χ2v) is 4.58. The molecule has 1 atom stereocenters. The summed E-state index contributed by atoms with van der Waals surface area (Å²) < 4.78 is 5.10. The van der Waals surface area contributed by atoms with Gasteiger partial charge in [0.2, 0.25) is 0 Å². The fourth-order valence-corrected chi connectivity index (χ4v) is 2.09. The van der Waals surface area contributed by atoms with Crippen LogP contribution in [-0.4, -0.2) is 40.4 Å². The molecule has 1 aliphatic heterocycles. The third-order valence-electron chi connectivity index (χ3n) is 3.17. The van der Waals surface area contributed by atoms with E-state index in [1.807, 2.05) is 18.2 Å². The fraction of sp³-hybridized carbons (Fsp3) is 0.357. The number of carboxylic acid groups (broad SMARTS) is 1. The predicted molar refractivity (Wildman–Crippen MR) is 69.0 cm³/mol. The molecule has 1 N–H and O–H groups in total. The van der Waals surface area contributed by atoms with Crippen molar-refractivity contribution in [3.63, 3.8) is 0 Å². The van der Waals surface area contributed by atoms with Crippen LogP contribution in [0.4, 0.5) is 4.79 Å². The number of esters is 1. The van der Waals surface area contributed by atoms with Gasteiger partial charge < -0.3 is 9.84 Å². The van der Waals surface area contributed by atoms with E-state index in [9.17, 15) is 14.4 Å². The minimum Gasteiger partial charge on any atom is -0.465 e. The van der Waals surface area contributed by atoms with Gasteiger partial charge in [0, 0.05) is 19.4 Å². The van der Waals surface area contributed by atoms with E-state index in [4.69, 9.17) is 9.84 Å². The number of ketones is 1. The molecule has 1 aromatic carbocycles. The monoisotopic (exact) mass is 277 g/mol. The number of likely N-dealkylation sites (tertiary alicyclic amines) is 1. The number of rotatable bonds is 3. The van der Waals surface area contributed by atoms with Crippen molar-refractivity contribution in [1.82, 2.24) is 4.90 Å². The topological polar surface area (TPSA) is 83.9 Å². The van der Waals surface area contributed by atoms with Gasteiger partial charge >= 0.3 is 12.1 Å². The van der Waals surface area contributed by atoms with Gasteiger partial charge in [-0.05, 0) is 5.56 Å². The molecule has 1 heterocycles. The molecule has 0 radical (unpaired) electrons. The number of carbonyl (C=O) groups is 3. The molecule has 1 fully saturated rings. The van der Waals surface area contributed by atoms with E-state index in [-0.39, 0.29) is 31.8 Å². The highest BCUT2D eigenvalue weighted by Gasteiger charge is 2.36. The SMILES string of the molecule is O=C1CCN(C(=O)O)[C@H](C(=O)OCc2ccccc2)C1. The standard InChI is InChI=1S/C14H15NO5/c16-11-6-7-15(14(18)19)12(8-11)13(17)20-9-10-4-2-1-3-5-10/h1-5,12H,6-9H2,(H,18,19)/t12-/m0/s1. The van der Waals surface area contributed by atoms with Gasteiger partial charge in [-0.15, -0.1) is 0 Å². The highest BCUT2D eigenvalue weighted by molar-refractivity contribution is 5.90. The zero-order valence-corrected chi connectivity index (χ0v) is 10.8. The Morgan fingerprint density at radius 3 is 2.65 bits per heavy atom. The Labute approximate surface area is 115 Å². The van der Waals surface area contributed by atoms with E-state index in [1.165, 1.54) is 0 Å². The smallest absolute Gasteiger partial charge is 0.408 e. The van der Waals surface area contributed by atoms with Crippen LogP contribution in [0.3, 0.4) is 0 Å². The maximum Gasteiger partial charge on any atom is 0.408 e. The molecule has 20 heavy (non-hydrogen) atoms. The van der Waals surface area contributed by atoms with Gasteiger partial charge in [-0.2, -0.15) is 0 Å². The molecule has 0 aromatic heterocycles. The van der Waals surface area contributed by atoms with Crippen LogP contribution in [-0.2, 0) is 20.9 Å². The van der Waals surface area contributed by atoms with Crippen molar-refractivity contribution in [2.24, 2.45) is 0 Å². The summed E-state index contributed by atoms with van der Waals surface area (Å²) in [6.07, 6.45) is -1.17. The lowest BCUT2D eigenvalue weighted by Crippen LogP contribution is -2.50. The number of hydrogen-bond acceptors (Lipinski definition) is 4. The van der Waals surface area contributed by atoms with Gasteiger partial charge in [0.1, 0.15) is 18.4 Å². The number of Topliss-reactive ketones (excluding diaryl/α,β-unsaturated/α-hetero) is 1. The van der Waals surface area contributed by atoms with Crippen LogP contribution < -0.4 is 0 Å². The molecule has 1 aliphatic rings. The van der Waals surface area contributed by atoms with Crippen LogP contribution in [0, 0.1) is 0 Å². The first-order chi connectivity index (χ1) is 9.58. The number of benzene rings is 1. The van der Waals surface area contributed by atoms with E-state index in [0.29, 0.717) is 0 Å². The summed E-state index contributed by atoms with van der Waals surface area (Å²) in [5.41, 5.74) is 0.810. The Balaban J connectivity index is 1.98. The third-order valence-corrected chi connectivity index (χ3v) is 3.17. The van der Waals surface area contributed by atoms with E-state index in [1.54, 1.807) is 12.1 Å². The van der Waals surface area contributed by atoms with Gasteiger partial charge in [0.05, 0.1) is 0 Å². The molecule has 0 bridgehead atoms. The summed E-state index contributed by atoms with van der Waals surface area (Å²) in [5.74, 6) is -0.798. The molecular formula is C14H15NO5. The van der Waals surface area contributed by atoms with Crippen molar-refractivity contribution < 1.29 is 24.2 Å². The lowest BCUT2D eigenvalue weighted by atomic mass is 10.0. The number of ether oxygens (including phenoxy) is 1. The minimum atomic E-state index is -1.21. The number of amides is 1. The number of hydrogen-bond donors (Lipinski definition) is 1. The second-order valence-electron chi connectivity index (χ2n) is 4.58. The Bertz CT molecular complexity index is 514. The van der Waals surface area contributed by atoms with E-state index >= 15 is 0 Å². The zero-order chi connectivity index (χ0) is 14.5. The third kappa shape index (κ3) is 3.34. The number of nitrogens with zero attached hydrogens (tertiary/aromatic N) is 1. The quantitative estimate of drug-likeness (QED) is 0.845. The molecule has 0 aliphatic carbocycles. The molecule has 0 saturated carbocycles.